The van der Waals surface area contributed by atoms with Gasteiger partial charge in [0.25, 0.3) is 0 Å². The fourth-order valence-electron chi connectivity index (χ4n) is 2.55. The van der Waals surface area contributed by atoms with Crippen molar-refractivity contribution in [2.45, 2.75) is 38.8 Å². The van der Waals surface area contributed by atoms with Crippen molar-refractivity contribution in [1.82, 2.24) is 9.88 Å². The lowest BCUT2D eigenvalue weighted by Gasteiger charge is -2.22. The van der Waals surface area contributed by atoms with Crippen LogP contribution in [0.2, 0.25) is 0 Å². The van der Waals surface area contributed by atoms with E-state index in [1.165, 1.54) is 0 Å². The highest BCUT2D eigenvalue weighted by Crippen LogP contribution is 2.15. The predicted molar refractivity (Wildman–Crippen MR) is 99.8 cm³/mol. The number of carbonyl (C=O) groups is 3. The normalized spacial score (nSPS) is 12.3. The first-order valence-electron chi connectivity index (χ1n) is 8.54. The Balaban J connectivity index is 2.15. The van der Waals surface area contributed by atoms with E-state index in [1.807, 2.05) is 6.07 Å². The first-order chi connectivity index (χ1) is 12.6. The number of carboxylic acid groups (broad SMARTS) is 1. The van der Waals surface area contributed by atoms with Gasteiger partial charge in [0.15, 0.2) is 5.78 Å². The number of aliphatic carboxylic acids is 1. The summed E-state index contributed by atoms with van der Waals surface area (Å²) in [6.07, 6.45) is 0.870. The van der Waals surface area contributed by atoms with Gasteiger partial charge >= 0.3 is 12.1 Å². The largest absolute Gasteiger partial charge is 0.480 e. The molecule has 0 spiro atoms. The van der Waals surface area contributed by atoms with Crippen molar-refractivity contribution in [3.63, 3.8) is 0 Å². The number of aromatic nitrogens is 1. The number of nitrogens with one attached hydrogen (secondary N) is 1. The Hall–Kier alpha value is -3.09. The van der Waals surface area contributed by atoms with E-state index in [-0.39, 0.29) is 12.2 Å². The Labute approximate surface area is 157 Å². The molecule has 0 aliphatic heterocycles. The number of carbonyl (C=O) groups excluding carboxylic acids is 2. The van der Waals surface area contributed by atoms with Gasteiger partial charge in [0.2, 0.25) is 0 Å². The zero-order chi connectivity index (χ0) is 20.2. The molecule has 0 bridgehead atoms. The molecule has 1 aromatic carbocycles. The van der Waals surface area contributed by atoms with Crippen LogP contribution in [0.1, 0.15) is 42.4 Å². The van der Waals surface area contributed by atoms with E-state index >= 15 is 0 Å². The number of alkyl carbamates (subject to hydrolysis) is 1. The average Bonchev–Trinajstić information content (AvgIpc) is 2.93. The van der Waals surface area contributed by atoms with Crippen molar-refractivity contribution in [2.24, 2.45) is 7.05 Å². The van der Waals surface area contributed by atoms with Crippen molar-refractivity contribution >= 4 is 17.8 Å². The van der Waals surface area contributed by atoms with E-state index in [0.29, 0.717) is 16.8 Å². The van der Waals surface area contributed by atoms with Crippen LogP contribution in [0, 0.1) is 0 Å². The van der Waals surface area contributed by atoms with Gasteiger partial charge in [0.05, 0.1) is 0 Å². The molecule has 0 radical (unpaired) electrons. The molecule has 1 heterocycles. The number of ether oxygens (including phenoxy) is 1. The van der Waals surface area contributed by atoms with Crippen molar-refractivity contribution in [2.75, 3.05) is 0 Å². The van der Waals surface area contributed by atoms with Crippen LogP contribution in [-0.4, -0.2) is 39.2 Å². The highest BCUT2D eigenvalue weighted by Gasteiger charge is 2.25. The van der Waals surface area contributed by atoms with E-state index < -0.39 is 23.7 Å². The van der Waals surface area contributed by atoms with Gasteiger partial charge in [-0.05, 0) is 26.8 Å². The molecule has 1 aromatic heterocycles. The Morgan fingerprint density at radius 2 is 1.78 bits per heavy atom. The third-order valence-electron chi connectivity index (χ3n) is 3.81. The SMILES string of the molecule is Cn1cc(C(=O)c2ccccc2)cc1CC(NC(=O)OC(C)(C)C)C(=O)O. The van der Waals surface area contributed by atoms with Crippen molar-refractivity contribution in [3.05, 3.63) is 59.4 Å². The zero-order valence-electron chi connectivity index (χ0n) is 15.9. The summed E-state index contributed by atoms with van der Waals surface area (Å²) in [4.78, 5) is 36.0. The Kier molecular flexibility index (Phi) is 6.05. The molecule has 0 saturated carbocycles. The van der Waals surface area contributed by atoms with Gasteiger partial charge in [-0.25, -0.2) is 9.59 Å². The van der Waals surface area contributed by atoms with E-state index in [1.54, 1.807) is 68.9 Å². The van der Waals surface area contributed by atoms with Crippen molar-refractivity contribution in [1.29, 1.82) is 0 Å². The first-order valence-corrected chi connectivity index (χ1v) is 8.54. The molecule has 2 N–H and O–H groups in total. The molecule has 0 aliphatic rings. The molecule has 1 amide bonds. The molecule has 2 aromatic rings. The van der Waals surface area contributed by atoms with Gasteiger partial charge in [0.1, 0.15) is 11.6 Å². The van der Waals surface area contributed by atoms with Crippen LogP contribution in [0.3, 0.4) is 0 Å². The minimum Gasteiger partial charge on any atom is -0.480 e. The zero-order valence-corrected chi connectivity index (χ0v) is 15.9. The van der Waals surface area contributed by atoms with Gasteiger partial charge in [-0.2, -0.15) is 0 Å². The molecule has 0 aliphatic carbocycles. The van der Waals surface area contributed by atoms with Crippen LogP contribution in [0.4, 0.5) is 4.79 Å². The summed E-state index contributed by atoms with van der Waals surface area (Å²) in [5, 5.41) is 11.8. The second-order valence-electron chi connectivity index (χ2n) is 7.27. The molecule has 1 unspecified atom stereocenters. The maximum absolute atomic E-state index is 12.5. The van der Waals surface area contributed by atoms with Crippen LogP contribution in [0.5, 0.6) is 0 Å². The Morgan fingerprint density at radius 1 is 1.15 bits per heavy atom. The number of amides is 1. The Bertz CT molecular complexity index is 834. The quantitative estimate of drug-likeness (QED) is 0.760. The molecular weight excluding hydrogens is 348 g/mol. The number of ketones is 1. The maximum atomic E-state index is 12.5. The van der Waals surface area contributed by atoms with E-state index in [9.17, 15) is 19.5 Å². The molecule has 1 atom stereocenters. The van der Waals surface area contributed by atoms with Gasteiger partial charge < -0.3 is 19.7 Å². The number of rotatable bonds is 6. The van der Waals surface area contributed by atoms with Gasteiger partial charge in [-0.3, -0.25) is 4.79 Å². The minimum absolute atomic E-state index is 0.0210. The summed E-state index contributed by atoms with van der Waals surface area (Å²) in [5.41, 5.74) is 0.891. The highest BCUT2D eigenvalue weighted by molar-refractivity contribution is 6.09. The second kappa shape index (κ2) is 8.07. The second-order valence-corrected chi connectivity index (χ2v) is 7.27. The number of hydrogen-bond acceptors (Lipinski definition) is 4. The fraction of sp³-hybridized carbons (Fsp3) is 0.350. The highest BCUT2D eigenvalue weighted by atomic mass is 16.6. The monoisotopic (exact) mass is 372 g/mol. The van der Waals surface area contributed by atoms with E-state index in [0.717, 1.165) is 0 Å². The third-order valence-corrected chi connectivity index (χ3v) is 3.81. The minimum atomic E-state index is -1.18. The summed E-state index contributed by atoms with van der Waals surface area (Å²) in [6, 6.07) is 9.30. The van der Waals surface area contributed by atoms with Crippen molar-refractivity contribution in [3.8, 4) is 0 Å². The molecule has 0 saturated heterocycles. The number of hydrogen-bond donors (Lipinski definition) is 2. The average molecular weight is 372 g/mol. The van der Waals surface area contributed by atoms with E-state index in [4.69, 9.17) is 4.74 Å². The van der Waals surface area contributed by atoms with Gasteiger partial charge in [-0.1, -0.05) is 30.3 Å². The van der Waals surface area contributed by atoms with Crippen LogP contribution in [0.25, 0.3) is 0 Å². The summed E-state index contributed by atoms with van der Waals surface area (Å²) >= 11 is 0. The molecule has 0 fully saturated rings. The van der Waals surface area contributed by atoms with Crippen LogP contribution >= 0.6 is 0 Å². The number of nitrogens with zero attached hydrogens (tertiary/aromatic N) is 1. The standard InChI is InChI=1S/C20H24N2O5/c1-20(2,3)27-19(26)21-16(18(24)25)11-15-10-14(12-22(15)4)17(23)13-8-6-5-7-9-13/h5-10,12,16H,11H2,1-4H3,(H,21,26)(H,24,25). The summed E-state index contributed by atoms with van der Waals surface area (Å²) in [5.74, 6) is -1.33. The van der Waals surface area contributed by atoms with E-state index in [2.05, 4.69) is 5.32 Å². The smallest absolute Gasteiger partial charge is 0.408 e. The van der Waals surface area contributed by atoms with Crippen LogP contribution in [0.15, 0.2) is 42.6 Å². The molecular formula is C20H24N2O5. The van der Waals surface area contributed by atoms with Gasteiger partial charge in [-0.15, -0.1) is 0 Å². The fourth-order valence-corrected chi connectivity index (χ4v) is 2.55. The number of benzene rings is 1. The number of aryl methyl sites for hydroxylation is 1. The summed E-state index contributed by atoms with van der Waals surface area (Å²) < 4.78 is 6.80. The molecule has 7 nitrogen and oxygen atoms in total. The summed E-state index contributed by atoms with van der Waals surface area (Å²) in [7, 11) is 1.73. The van der Waals surface area contributed by atoms with Crippen LogP contribution < -0.4 is 5.32 Å². The molecule has 2 rings (SSSR count). The lowest BCUT2D eigenvalue weighted by Crippen LogP contribution is -2.44. The van der Waals surface area contributed by atoms with Crippen LogP contribution in [-0.2, 0) is 23.0 Å². The maximum Gasteiger partial charge on any atom is 0.408 e. The van der Waals surface area contributed by atoms with Gasteiger partial charge in [0, 0.05) is 36.5 Å². The van der Waals surface area contributed by atoms with Crippen molar-refractivity contribution < 1.29 is 24.2 Å². The lowest BCUT2D eigenvalue weighted by molar-refractivity contribution is -0.139. The molecule has 27 heavy (non-hydrogen) atoms. The third kappa shape index (κ3) is 5.70. The topological polar surface area (TPSA) is 97.6 Å². The Morgan fingerprint density at radius 3 is 2.33 bits per heavy atom. The first kappa shape index (κ1) is 20.2. The summed E-state index contributed by atoms with van der Waals surface area (Å²) in [6.45, 7) is 5.09. The molecule has 144 valence electrons. The number of carboxylic acids is 1. The molecule has 7 heteroatoms. The predicted octanol–water partition coefficient (Wildman–Crippen LogP) is 2.78. The lowest BCUT2D eigenvalue weighted by atomic mass is 10.1.